The second kappa shape index (κ2) is 8.18. The van der Waals surface area contributed by atoms with Crippen molar-refractivity contribution in [2.75, 3.05) is 7.05 Å². The highest BCUT2D eigenvalue weighted by atomic mass is 14.7. The molecule has 0 N–H and O–H groups in total. The molecule has 4 aliphatic rings. The SMILES string of the molecule is C=C1c2ccccc2B2c3c1cccc3-c1ccc3cc4c5c(ccc6cc2c1c3c65)-c1cccc2c1B4c1ccccc1C2=NC. The van der Waals surface area contributed by atoms with Gasteiger partial charge in [0.2, 0.25) is 13.4 Å². The highest BCUT2D eigenvalue weighted by Gasteiger charge is 2.42. The van der Waals surface area contributed by atoms with Crippen molar-refractivity contribution < 1.29 is 0 Å². The first-order chi connectivity index (χ1) is 23.2. The monoisotopic (exact) mass is 589 g/mol. The molecule has 0 spiro atoms. The highest BCUT2D eigenvalue weighted by molar-refractivity contribution is 7.02. The molecule has 8 aromatic carbocycles. The summed E-state index contributed by atoms with van der Waals surface area (Å²) in [6, 6.07) is 46.2. The van der Waals surface area contributed by atoms with Crippen molar-refractivity contribution in [3.05, 3.63) is 150 Å². The topological polar surface area (TPSA) is 12.4 Å². The van der Waals surface area contributed by atoms with E-state index in [0.717, 1.165) is 11.3 Å². The van der Waals surface area contributed by atoms with Crippen molar-refractivity contribution in [3.8, 4) is 22.3 Å². The van der Waals surface area contributed by atoms with Crippen LogP contribution >= 0.6 is 0 Å². The molecule has 47 heavy (non-hydrogen) atoms. The van der Waals surface area contributed by atoms with E-state index in [-0.39, 0.29) is 13.4 Å². The first-order valence-electron chi connectivity index (χ1n) is 16.6. The van der Waals surface area contributed by atoms with Crippen LogP contribution in [0.25, 0.3) is 60.1 Å². The van der Waals surface area contributed by atoms with Crippen LogP contribution in [0.4, 0.5) is 0 Å². The van der Waals surface area contributed by atoms with Crippen molar-refractivity contribution in [1.29, 1.82) is 0 Å². The number of rotatable bonds is 0. The summed E-state index contributed by atoms with van der Waals surface area (Å²) in [5.74, 6) is 0. The summed E-state index contributed by atoms with van der Waals surface area (Å²) < 4.78 is 0. The molecule has 0 fully saturated rings. The summed E-state index contributed by atoms with van der Waals surface area (Å²) in [4.78, 5) is 4.86. The fourth-order valence-corrected chi connectivity index (χ4v) is 10.2. The summed E-state index contributed by atoms with van der Waals surface area (Å²) in [5, 5.41) is 8.31. The third-order valence-corrected chi connectivity index (χ3v) is 11.8. The van der Waals surface area contributed by atoms with Gasteiger partial charge >= 0.3 is 0 Å². The Bertz CT molecular complexity index is 2840. The minimum atomic E-state index is 0.163. The van der Waals surface area contributed by atoms with E-state index < -0.39 is 0 Å². The van der Waals surface area contributed by atoms with Crippen molar-refractivity contribution in [2.24, 2.45) is 4.99 Å². The Balaban J connectivity index is 1.27. The van der Waals surface area contributed by atoms with Gasteiger partial charge in [0.25, 0.3) is 0 Å². The molecule has 0 aromatic heterocycles. The van der Waals surface area contributed by atoms with Crippen LogP contribution in [-0.2, 0) is 0 Å². The van der Waals surface area contributed by atoms with E-state index in [9.17, 15) is 0 Å². The molecule has 1 nitrogen and oxygen atoms in total. The maximum Gasteiger partial charge on any atom is 0.244 e. The first kappa shape index (κ1) is 24.6. The zero-order valence-corrected chi connectivity index (χ0v) is 25.9. The number of nitrogens with zero attached hydrogens (tertiary/aromatic N) is 1. The van der Waals surface area contributed by atoms with Gasteiger partial charge in [0, 0.05) is 7.05 Å². The van der Waals surface area contributed by atoms with Gasteiger partial charge in [-0.25, -0.2) is 0 Å². The predicted molar refractivity (Wildman–Crippen MR) is 203 cm³/mol. The van der Waals surface area contributed by atoms with Crippen LogP contribution in [0, 0.1) is 0 Å². The smallest absolute Gasteiger partial charge is 0.244 e. The van der Waals surface area contributed by atoms with E-state index in [1.165, 1.54) is 110 Å². The Kier molecular flexibility index (Phi) is 4.28. The molecule has 212 valence electrons. The highest BCUT2D eigenvalue weighted by Crippen LogP contribution is 2.45. The lowest BCUT2D eigenvalue weighted by atomic mass is 9.30. The van der Waals surface area contributed by atoms with Crippen molar-refractivity contribution in [3.63, 3.8) is 0 Å². The van der Waals surface area contributed by atoms with Gasteiger partial charge in [-0.05, 0) is 82.4 Å². The molecule has 4 aliphatic heterocycles. The number of benzene rings is 8. The van der Waals surface area contributed by atoms with E-state index in [2.05, 4.69) is 128 Å². The summed E-state index contributed by atoms with van der Waals surface area (Å²) >= 11 is 0. The summed E-state index contributed by atoms with van der Waals surface area (Å²) in [6.45, 7) is 4.95. The summed E-state index contributed by atoms with van der Waals surface area (Å²) in [5.41, 5.74) is 21.1. The van der Waals surface area contributed by atoms with Gasteiger partial charge < -0.3 is 0 Å². The minimum Gasteiger partial charge on any atom is -0.287 e. The molecular formula is C44H25B2N. The van der Waals surface area contributed by atoms with Crippen molar-refractivity contribution >= 4 is 89.8 Å². The molecule has 4 heterocycles. The van der Waals surface area contributed by atoms with Crippen LogP contribution in [-0.4, -0.2) is 26.2 Å². The number of fused-ring (bicyclic) bond motifs is 8. The van der Waals surface area contributed by atoms with Gasteiger partial charge in [-0.15, -0.1) is 0 Å². The van der Waals surface area contributed by atoms with Gasteiger partial charge in [0.15, 0.2) is 0 Å². The Hall–Kier alpha value is -5.66. The Morgan fingerprint density at radius 3 is 1.53 bits per heavy atom. The van der Waals surface area contributed by atoms with E-state index in [1.54, 1.807) is 0 Å². The second-order valence-electron chi connectivity index (χ2n) is 13.7. The van der Waals surface area contributed by atoms with Crippen LogP contribution in [0.1, 0.15) is 22.3 Å². The first-order valence-corrected chi connectivity index (χ1v) is 16.6. The Morgan fingerprint density at radius 1 is 0.426 bits per heavy atom. The fourth-order valence-electron chi connectivity index (χ4n) is 10.2. The maximum absolute atomic E-state index is 4.86. The molecule has 0 atom stereocenters. The van der Waals surface area contributed by atoms with Crippen LogP contribution in [0.3, 0.4) is 0 Å². The molecule has 0 saturated carbocycles. The summed E-state index contributed by atoms with van der Waals surface area (Å²) in [6.07, 6.45) is 0. The molecule has 0 radical (unpaired) electrons. The number of hydrogen-bond acceptors (Lipinski definition) is 1. The molecule has 0 bridgehead atoms. The molecule has 0 amide bonds. The third kappa shape index (κ3) is 2.69. The molecular weight excluding hydrogens is 564 g/mol. The molecule has 0 unspecified atom stereocenters. The van der Waals surface area contributed by atoms with Gasteiger partial charge in [-0.2, -0.15) is 0 Å². The average Bonchev–Trinajstić information content (AvgIpc) is 3.12. The van der Waals surface area contributed by atoms with Crippen molar-refractivity contribution in [1.82, 2.24) is 0 Å². The molecule has 0 aliphatic carbocycles. The van der Waals surface area contributed by atoms with E-state index >= 15 is 0 Å². The number of hydrogen-bond donors (Lipinski definition) is 0. The van der Waals surface area contributed by atoms with Crippen molar-refractivity contribution in [2.45, 2.75) is 0 Å². The van der Waals surface area contributed by atoms with Crippen LogP contribution in [0.5, 0.6) is 0 Å². The standard InChI is InChI=1S/C44H25B2N/c1-23-26-9-3-5-15-34(26)45-36-21-24-18-20-29-31-13-8-14-33-43(31)46(35-16-6-4-10-32(35)44(33)47-2)37-22-25-17-19-28(30-12-7-11-27(23)42(30)45)40(36)38(25)39(24)41(29)37/h3-22H,1H2,2H3. The molecule has 12 rings (SSSR count). The third-order valence-electron chi connectivity index (χ3n) is 11.8. The number of aliphatic imine (C=N–C) groups is 1. The molecule has 0 saturated heterocycles. The van der Waals surface area contributed by atoms with E-state index in [1.807, 2.05) is 7.05 Å². The lowest BCUT2D eigenvalue weighted by Gasteiger charge is -2.37. The van der Waals surface area contributed by atoms with Gasteiger partial charge in [-0.1, -0.05) is 161 Å². The lowest BCUT2D eigenvalue weighted by Crippen LogP contribution is -2.60. The zero-order valence-electron chi connectivity index (χ0n) is 25.9. The quantitative estimate of drug-likeness (QED) is 0.158. The Labute approximate surface area is 273 Å². The van der Waals surface area contributed by atoms with E-state index in [4.69, 9.17) is 4.99 Å². The Morgan fingerprint density at radius 2 is 0.915 bits per heavy atom. The zero-order chi connectivity index (χ0) is 30.7. The van der Waals surface area contributed by atoms with Gasteiger partial charge in [0.05, 0.1) is 5.71 Å². The molecule has 3 heteroatoms. The van der Waals surface area contributed by atoms with E-state index in [0.29, 0.717) is 0 Å². The average molecular weight is 589 g/mol. The van der Waals surface area contributed by atoms with Gasteiger partial charge in [-0.3, -0.25) is 4.99 Å². The largest absolute Gasteiger partial charge is 0.287 e. The molecule has 8 aromatic rings. The lowest BCUT2D eigenvalue weighted by molar-refractivity contribution is 1.42. The maximum atomic E-state index is 4.86. The van der Waals surface area contributed by atoms with Crippen LogP contribution < -0.4 is 32.8 Å². The van der Waals surface area contributed by atoms with Crippen LogP contribution in [0.15, 0.2) is 133 Å². The predicted octanol–water partition coefficient (Wildman–Crippen LogP) is 5.73. The second-order valence-corrected chi connectivity index (χ2v) is 13.7. The fraction of sp³-hybridized carbons (Fsp3) is 0.0227. The van der Waals surface area contributed by atoms with Crippen LogP contribution in [0.2, 0.25) is 0 Å². The normalized spacial score (nSPS) is 15.3. The minimum absolute atomic E-state index is 0.163. The van der Waals surface area contributed by atoms with Gasteiger partial charge in [0.1, 0.15) is 0 Å². The summed E-state index contributed by atoms with van der Waals surface area (Å²) in [7, 11) is 1.93.